The molecule has 2 aliphatic rings. The zero-order chi connectivity index (χ0) is 17.9. The maximum atomic E-state index is 12.7. The van der Waals surface area contributed by atoms with Crippen molar-refractivity contribution < 1.29 is 0 Å². The van der Waals surface area contributed by atoms with Gasteiger partial charge in [0.05, 0.1) is 5.69 Å². The number of piperidine rings is 1. The van der Waals surface area contributed by atoms with Crippen LogP contribution in [0.1, 0.15) is 63.1 Å². The lowest BCUT2D eigenvalue weighted by Gasteiger charge is -2.37. The third-order valence-corrected chi connectivity index (χ3v) is 6.12. The average molecular weight is 354 g/mol. The van der Waals surface area contributed by atoms with Crippen molar-refractivity contribution in [3.05, 3.63) is 46.6 Å². The fourth-order valence-corrected chi connectivity index (χ4v) is 4.74. The molecule has 1 aliphatic heterocycles. The molecule has 4 rings (SSSR count). The van der Waals surface area contributed by atoms with Crippen LogP contribution in [0.5, 0.6) is 0 Å². The number of hydrogen-bond donors (Lipinski definition) is 0. The lowest BCUT2D eigenvalue weighted by atomic mass is 9.94. The summed E-state index contributed by atoms with van der Waals surface area (Å²) < 4.78 is 3.31. The van der Waals surface area contributed by atoms with Gasteiger partial charge in [0.2, 0.25) is 0 Å². The van der Waals surface area contributed by atoms with Gasteiger partial charge in [0.1, 0.15) is 5.82 Å². The minimum atomic E-state index is -0.0437. The van der Waals surface area contributed by atoms with Gasteiger partial charge in [-0.1, -0.05) is 43.9 Å². The molecule has 0 radical (unpaired) electrons. The Morgan fingerprint density at radius 3 is 2.42 bits per heavy atom. The van der Waals surface area contributed by atoms with E-state index in [1.807, 2.05) is 34.9 Å². The Balaban J connectivity index is 1.61. The molecule has 2 heterocycles. The standard InChI is InChI=1S/C21H30N4O/c1-23-21(26)25(19-13-7-4-8-14-19)20(22-23)17-10-9-15-24(16-17)18-11-5-2-3-6-12-18/h4,7-8,13-14,17-18H,2-3,5-6,9-12,15-16H2,1H3/t17-/m1/s1. The fourth-order valence-electron chi connectivity index (χ4n) is 4.74. The normalized spacial score (nSPS) is 23.0. The zero-order valence-corrected chi connectivity index (χ0v) is 15.8. The summed E-state index contributed by atoms with van der Waals surface area (Å²) in [6.07, 6.45) is 10.5. The topological polar surface area (TPSA) is 43.1 Å². The molecule has 1 aromatic carbocycles. The highest BCUT2D eigenvalue weighted by Gasteiger charge is 2.30. The number of benzene rings is 1. The molecule has 1 atom stereocenters. The zero-order valence-electron chi connectivity index (χ0n) is 15.8. The van der Waals surface area contributed by atoms with Gasteiger partial charge >= 0.3 is 5.69 Å². The molecule has 1 aliphatic carbocycles. The first-order valence-corrected chi connectivity index (χ1v) is 10.2. The first kappa shape index (κ1) is 17.5. The molecule has 0 unspecified atom stereocenters. The number of hydrogen-bond acceptors (Lipinski definition) is 3. The van der Waals surface area contributed by atoms with Gasteiger partial charge in [-0.2, -0.15) is 5.10 Å². The van der Waals surface area contributed by atoms with Gasteiger partial charge in [0.25, 0.3) is 0 Å². The number of aromatic nitrogens is 3. The Labute approximate surface area is 155 Å². The first-order chi connectivity index (χ1) is 12.7. The lowest BCUT2D eigenvalue weighted by Crippen LogP contribution is -2.42. The van der Waals surface area contributed by atoms with Crippen LogP contribution in [-0.2, 0) is 7.05 Å². The molecule has 0 bridgehead atoms. The van der Waals surface area contributed by atoms with E-state index in [2.05, 4.69) is 10.00 Å². The quantitative estimate of drug-likeness (QED) is 0.793. The minimum absolute atomic E-state index is 0.0437. The fraction of sp³-hybridized carbons (Fsp3) is 0.619. The number of rotatable bonds is 3. The molecule has 0 amide bonds. The highest BCUT2D eigenvalue weighted by atomic mass is 16.2. The second kappa shape index (κ2) is 7.78. The summed E-state index contributed by atoms with van der Waals surface area (Å²) in [5.41, 5.74) is 0.880. The largest absolute Gasteiger partial charge is 0.350 e. The Hall–Kier alpha value is -1.88. The van der Waals surface area contributed by atoms with Crippen molar-refractivity contribution in [2.24, 2.45) is 7.05 Å². The predicted octanol–water partition coefficient (Wildman–Crippen LogP) is 3.47. The molecule has 0 N–H and O–H groups in total. The van der Waals surface area contributed by atoms with Crippen molar-refractivity contribution in [2.75, 3.05) is 13.1 Å². The number of likely N-dealkylation sites (tertiary alicyclic amines) is 1. The van der Waals surface area contributed by atoms with Crippen molar-refractivity contribution in [1.29, 1.82) is 0 Å². The Morgan fingerprint density at radius 1 is 0.962 bits per heavy atom. The van der Waals surface area contributed by atoms with Crippen LogP contribution in [-0.4, -0.2) is 38.4 Å². The highest BCUT2D eigenvalue weighted by molar-refractivity contribution is 5.33. The SMILES string of the molecule is Cn1nc([C@@H]2CCCN(C3CCCCCC3)C2)n(-c2ccccc2)c1=O. The van der Waals surface area contributed by atoms with Gasteiger partial charge in [0, 0.05) is 25.6 Å². The van der Waals surface area contributed by atoms with E-state index >= 15 is 0 Å². The number of nitrogens with zero attached hydrogens (tertiary/aromatic N) is 4. The van der Waals surface area contributed by atoms with Gasteiger partial charge < -0.3 is 0 Å². The molecule has 140 valence electrons. The van der Waals surface area contributed by atoms with Crippen LogP contribution >= 0.6 is 0 Å². The van der Waals surface area contributed by atoms with Crippen LogP contribution in [0.15, 0.2) is 35.1 Å². The monoisotopic (exact) mass is 354 g/mol. The van der Waals surface area contributed by atoms with Crippen molar-refractivity contribution in [2.45, 2.75) is 63.3 Å². The van der Waals surface area contributed by atoms with Crippen LogP contribution in [0.4, 0.5) is 0 Å². The van der Waals surface area contributed by atoms with Crippen LogP contribution in [0, 0.1) is 0 Å². The molecular weight excluding hydrogens is 324 g/mol. The summed E-state index contributed by atoms with van der Waals surface area (Å²) in [5.74, 6) is 1.27. The van der Waals surface area contributed by atoms with E-state index in [9.17, 15) is 4.79 Å². The summed E-state index contributed by atoms with van der Waals surface area (Å²) in [5, 5.41) is 4.65. The van der Waals surface area contributed by atoms with Gasteiger partial charge in [-0.25, -0.2) is 14.0 Å². The summed E-state index contributed by atoms with van der Waals surface area (Å²) >= 11 is 0. The third kappa shape index (κ3) is 3.50. The molecule has 1 saturated carbocycles. The van der Waals surface area contributed by atoms with E-state index in [1.54, 1.807) is 7.05 Å². The van der Waals surface area contributed by atoms with Gasteiger partial charge in [0.15, 0.2) is 0 Å². The highest BCUT2D eigenvalue weighted by Crippen LogP contribution is 2.31. The van der Waals surface area contributed by atoms with Crippen molar-refractivity contribution in [3.63, 3.8) is 0 Å². The lowest BCUT2D eigenvalue weighted by molar-refractivity contribution is 0.132. The van der Waals surface area contributed by atoms with E-state index in [0.717, 1.165) is 30.5 Å². The Morgan fingerprint density at radius 2 is 1.69 bits per heavy atom. The van der Waals surface area contributed by atoms with Gasteiger partial charge in [-0.15, -0.1) is 0 Å². The summed E-state index contributed by atoms with van der Waals surface area (Å²) in [6, 6.07) is 10.7. The van der Waals surface area contributed by atoms with E-state index in [1.165, 1.54) is 56.2 Å². The van der Waals surface area contributed by atoms with Crippen molar-refractivity contribution in [1.82, 2.24) is 19.2 Å². The molecule has 2 fully saturated rings. The second-order valence-electron chi connectivity index (χ2n) is 7.91. The van der Waals surface area contributed by atoms with Crippen LogP contribution in [0.2, 0.25) is 0 Å². The maximum absolute atomic E-state index is 12.7. The van der Waals surface area contributed by atoms with E-state index in [-0.39, 0.29) is 5.69 Å². The maximum Gasteiger partial charge on any atom is 0.350 e. The summed E-state index contributed by atoms with van der Waals surface area (Å²) in [6.45, 7) is 2.23. The van der Waals surface area contributed by atoms with Crippen LogP contribution in [0.3, 0.4) is 0 Å². The van der Waals surface area contributed by atoms with Crippen molar-refractivity contribution in [3.8, 4) is 5.69 Å². The average Bonchev–Trinajstić information content (AvgIpc) is 2.86. The van der Waals surface area contributed by atoms with E-state index in [4.69, 9.17) is 0 Å². The number of aryl methyl sites for hydroxylation is 1. The predicted molar refractivity (Wildman–Crippen MR) is 104 cm³/mol. The van der Waals surface area contributed by atoms with E-state index in [0.29, 0.717) is 5.92 Å². The molecule has 5 heteroatoms. The van der Waals surface area contributed by atoms with E-state index < -0.39 is 0 Å². The second-order valence-corrected chi connectivity index (χ2v) is 7.91. The van der Waals surface area contributed by atoms with Gasteiger partial charge in [-0.05, 0) is 44.4 Å². The van der Waals surface area contributed by atoms with Crippen molar-refractivity contribution >= 4 is 0 Å². The minimum Gasteiger partial charge on any atom is -0.300 e. The molecule has 2 aromatic rings. The Bertz CT molecular complexity index is 771. The Kier molecular flexibility index (Phi) is 5.25. The molecule has 1 aromatic heterocycles. The molecule has 5 nitrogen and oxygen atoms in total. The molecule has 26 heavy (non-hydrogen) atoms. The summed E-state index contributed by atoms with van der Waals surface area (Å²) in [4.78, 5) is 15.4. The molecule has 1 saturated heterocycles. The molecular formula is C21H30N4O. The van der Waals surface area contributed by atoms with Crippen LogP contribution < -0.4 is 5.69 Å². The molecule has 0 spiro atoms. The third-order valence-electron chi connectivity index (χ3n) is 6.12. The van der Waals surface area contributed by atoms with Crippen LogP contribution in [0.25, 0.3) is 5.69 Å². The summed E-state index contributed by atoms with van der Waals surface area (Å²) in [7, 11) is 1.76. The first-order valence-electron chi connectivity index (χ1n) is 10.2. The smallest absolute Gasteiger partial charge is 0.300 e. The number of para-hydroxylation sites is 1. The van der Waals surface area contributed by atoms with Gasteiger partial charge in [-0.3, -0.25) is 4.90 Å².